The molecule has 0 bridgehead atoms. The molecule has 114 valence electrons. The fourth-order valence-corrected chi connectivity index (χ4v) is 2.50. The number of nitrogens with zero attached hydrogens (tertiary/aromatic N) is 3. The first-order chi connectivity index (χ1) is 9.96. The van der Waals surface area contributed by atoms with Crippen LogP contribution in [0.3, 0.4) is 0 Å². The topological polar surface area (TPSA) is 50.9 Å². The molecule has 0 aliphatic carbocycles. The van der Waals surface area contributed by atoms with E-state index in [4.69, 9.17) is 0 Å². The van der Waals surface area contributed by atoms with Crippen LogP contribution < -0.4 is 0 Å². The monoisotopic (exact) mass is 291 g/mol. The molecule has 0 aliphatic rings. The molecule has 0 spiro atoms. The molecule has 1 atom stereocenters. The molecule has 0 aromatic carbocycles. The molecule has 0 amide bonds. The molecule has 0 radical (unpaired) electrons. The number of rotatable bonds is 6. The molecular formula is C16H22FN3O. The predicted octanol–water partition coefficient (Wildman–Crippen LogP) is 3.23. The summed E-state index contributed by atoms with van der Waals surface area (Å²) in [5, 5.41) is 15.1. The van der Waals surface area contributed by atoms with Crippen LogP contribution in [0.5, 0.6) is 0 Å². The lowest BCUT2D eigenvalue weighted by Gasteiger charge is -2.22. The van der Waals surface area contributed by atoms with Crippen molar-refractivity contribution in [2.75, 3.05) is 0 Å². The molecule has 1 N–H and O–H groups in total. The highest BCUT2D eigenvalue weighted by Crippen LogP contribution is 2.25. The highest BCUT2D eigenvalue weighted by Gasteiger charge is 2.26. The number of pyridine rings is 1. The summed E-state index contributed by atoms with van der Waals surface area (Å²) in [6, 6.07) is 3.59. The lowest BCUT2D eigenvalue weighted by molar-refractivity contribution is 0.0556. The Bertz CT molecular complexity index is 591. The second-order valence-electron chi connectivity index (χ2n) is 5.60. The summed E-state index contributed by atoms with van der Waals surface area (Å²) in [4.78, 5) is 3.79. The maximum atomic E-state index is 13.2. The zero-order valence-corrected chi connectivity index (χ0v) is 12.8. The summed E-state index contributed by atoms with van der Waals surface area (Å²) < 4.78 is 15.2. The van der Waals surface area contributed by atoms with Crippen molar-refractivity contribution < 1.29 is 9.50 Å². The Kier molecular flexibility index (Phi) is 4.73. The maximum Gasteiger partial charge on any atom is 0.141 e. The zero-order valence-electron chi connectivity index (χ0n) is 12.8. The van der Waals surface area contributed by atoms with Crippen molar-refractivity contribution in [1.82, 2.24) is 14.8 Å². The molecule has 5 heteroatoms. The van der Waals surface area contributed by atoms with Gasteiger partial charge in [0.25, 0.3) is 0 Å². The quantitative estimate of drug-likeness (QED) is 0.889. The van der Waals surface area contributed by atoms with Gasteiger partial charge in [-0.05, 0) is 31.9 Å². The Morgan fingerprint density at radius 2 is 2.05 bits per heavy atom. The Morgan fingerprint density at radius 1 is 1.33 bits per heavy atom. The first-order valence-corrected chi connectivity index (χ1v) is 7.33. The number of aromatic nitrogens is 3. The molecule has 4 nitrogen and oxygen atoms in total. The SMILES string of the molecule is CCC(CC)n1ccc(CC(C)(O)c2cncc(F)c2)n1. The fourth-order valence-electron chi connectivity index (χ4n) is 2.50. The van der Waals surface area contributed by atoms with Gasteiger partial charge in [0.15, 0.2) is 0 Å². The van der Waals surface area contributed by atoms with E-state index in [-0.39, 0.29) is 0 Å². The van der Waals surface area contributed by atoms with Crippen LogP contribution in [0, 0.1) is 5.82 Å². The minimum Gasteiger partial charge on any atom is -0.385 e. The summed E-state index contributed by atoms with van der Waals surface area (Å²) in [7, 11) is 0. The summed E-state index contributed by atoms with van der Waals surface area (Å²) >= 11 is 0. The zero-order chi connectivity index (χ0) is 15.5. The molecule has 2 aromatic heterocycles. The average Bonchev–Trinajstić information content (AvgIpc) is 2.88. The molecule has 0 fully saturated rings. The van der Waals surface area contributed by atoms with E-state index in [1.54, 1.807) is 6.92 Å². The Balaban J connectivity index is 2.17. The van der Waals surface area contributed by atoms with Crippen molar-refractivity contribution in [2.24, 2.45) is 0 Å². The van der Waals surface area contributed by atoms with Crippen molar-refractivity contribution in [3.05, 3.63) is 47.8 Å². The van der Waals surface area contributed by atoms with Gasteiger partial charge in [-0.2, -0.15) is 5.10 Å². The van der Waals surface area contributed by atoms with Crippen LogP contribution in [0.25, 0.3) is 0 Å². The van der Waals surface area contributed by atoms with Crippen molar-refractivity contribution in [2.45, 2.75) is 51.7 Å². The highest BCUT2D eigenvalue weighted by molar-refractivity contribution is 5.20. The number of hydrogen-bond donors (Lipinski definition) is 1. The van der Waals surface area contributed by atoms with Gasteiger partial charge < -0.3 is 5.11 Å². The smallest absolute Gasteiger partial charge is 0.141 e. The molecule has 0 saturated carbocycles. The van der Waals surface area contributed by atoms with Crippen LogP contribution in [-0.2, 0) is 12.0 Å². The molecule has 2 rings (SSSR count). The van der Waals surface area contributed by atoms with Crippen molar-refractivity contribution in [3.63, 3.8) is 0 Å². The standard InChI is InChI=1S/C16H22FN3O/c1-4-15(5-2)20-7-6-14(19-20)9-16(3,21)12-8-13(17)11-18-10-12/h6-8,10-11,15,21H,4-5,9H2,1-3H3. The third kappa shape index (κ3) is 3.67. The third-order valence-electron chi connectivity index (χ3n) is 3.83. The fraction of sp³-hybridized carbons (Fsp3) is 0.500. The van der Waals surface area contributed by atoms with Gasteiger partial charge in [-0.25, -0.2) is 4.39 Å². The van der Waals surface area contributed by atoms with Crippen LogP contribution >= 0.6 is 0 Å². The molecule has 21 heavy (non-hydrogen) atoms. The summed E-state index contributed by atoms with van der Waals surface area (Å²) in [6.45, 7) is 5.91. The van der Waals surface area contributed by atoms with Crippen molar-refractivity contribution >= 4 is 0 Å². The number of halogens is 1. The minimum absolute atomic E-state index is 0.325. The third-order valence-corrected chi connectivity index (χ3v) is 3.83. The lowest BCUT2D eigenvalue weighted by atomic mass is 9.92. The van der Waals surface area contributed by atoms with E-state index in [0.29, 0.717) is 18.0 Å². The summed E-state index contributed by atoms with van der Waals surface area (Å²) in [5.74, 6) is -0.449. The van der Waals surface area contributed by atoms with Gasteiger partial charge in [-0.15, -0.1) is 0 Å². The highest BCUT2D eigenvalue weighted by atomic mass is 19.1. The minimum atomic E-state index is -1.19. The largest absolute Gasteiger partial charge is 0.385 e. The van der Waals surface area contributed by atoms with E-state index in [2.05, 4.69) is 23.9 Å². The van der Waals surface area contributed by atoms with Gasteiger partial charge in [0.05, 0.1) is 23.5 Å². The molecule has 1 unspecified atom stereocenters. The Hall–Kier alpha value is -1.75. The van der Waals surface area contributed by atoms with Gasteiger partial charge in [0, 0.05) is 24.4 Å². The number of hydrogen-bond acceptors (Lipinski definition) is 3. The second kappa shape index (κ2) is 6.35. The van der Waals surface area contributed by atoms with Gasteiger partial charge in [0.1, 0.15) is 5.82 Å². The molecular weight excluding hydrogens is 269 g/mol. The van der Waals surface area contributed by atoms with Crippen LogP contribution in [-0.4, -0.2) is 19.9 Å². The van der Waals surface area contributed by atoms with Gasteiger partial charge in [-0.1, -0.05) is 13.8 Å². The normalized spacial score (nSPS) is 14.4. The molecule has 2 heterocycles. The van der Waals surface area contributed by atoms with Crippen molar-refractivity contribution in [3.8, 4) is 0 Å². The summed E-state index contributed by atoms with van der Waals surface area (Å²) in [5.41, 5.74) is 0.0538. The van der Waals surface area contributed by atoms with E-state index < -0.39 is 11.4 Å². The Morgan fingerprint density at radius 3 is 2.67 bits per heavy atom. The van der Waals surface area contributed by atoms with E-state index >= 15 is 0 Å². The first kappa shape index (κ1) is 15.6. The van der Waals surface area contributed by atoms with Crippen LogP contribution in [0.2, 0.25) is 0 Å². The average molecular weight is 291 g/mol. The lowest BCUT2D eigenvalue weighted by Crippen LogP contribution is -2.25. The van der Waals surface area contributed by atoms with Crippen molar-refractivity contribution in [1.29, 1.82) is 0 Å². The predicted molar refractivity (Wildman–Crippen MR) is 79.3 cm³/mol. The second-order valence-corrected chi connectivity index (χ2v) is 5.60. The van der Waals surface area contributed by atoms with E-state index in [9.17, 15) is 9.50 Å². The van der Waals surface area contributed by atoms with Crippen LogP contribution in [0.15, 0.2) is 30.7 Å². The van der Waals surface area contributed by atoms with Crippen LogP contribution in [0.4, 0.5) is 4.39 Å². The molecule has 2 aromatic rings. The van der Waals surface area contributed by atoms with Gasteiger partial charge in [-0.3, -0.25) is 9.67 Å². The molecule has 0 saturated heterocycles. The van der Waals surface area contributed by atoms with E-state index in [1.807, 2.05) is 16.9 Å². The Labute approximate surface area is 124 Å². The van der Waals surface area contributed by atoms with E-state index in [1.165, 1.54) is 12.3 Å². The van der Waals surface area contributed by atoms with E-state index in [0.717, 1.165) is 24.7 Å². The summed E-state index contributed by atoms with van der Waals surface area (Å²) in [6.07, 6.45) is 6.91. The maximum absolute atomic E-state index is 13.2. The van der Waals surface area contributed by atoms with Crippen LogP contribution in [0.1, 0.15) is 50.9 Å². The first-order valence-electron chi connectivity index (χ1n) is 7.33. The number of aliphatic hydroxyl groups is 1. The van der Waals surface area contributed by atoms with Gasteiger partial charge in [0.2, 0.25) is 0 Å². The molecule has 0 aliphatic heterocycles. The van der Waals surface area contributed by atoms with Gasteiger partial charge >= 0.3 is 0 Å².